The molecule has 0 saturated heterocycles. The predicted molar refractivity (Wildman–Crippen MR) is 59.7 cm³/mol. The molecule has 15 heavy (non-hydrogen) atoms. The standard InChI is InChI=1S/C12H18N2O/c1-9-11(8-13)4-5-12(14-9)15-7-6-10-2-3-10/h4-5,10H,2-3,6-8,13H2,1H3. The average molecular weight is 206 g/mol. The Kier molecular flexibility index (Phi) is 3.21. The van der Waals surface area contributed by atoms with Crippen LogP contribution in [0.2, 0.25) is 0 Å². The van der Waals surface area contributed by atoms with Crippen LogP contribution in [0.4, 0.5) is 0 Å². The van der Waals surface area contributed by atoms with Gasteiger partial charge in [-0.25, -0.2) is 4.98 Å². The normalized spacial score (nSPS) is 15.3. The van der Waals surface area contributed by atoms with E-state index >= 15 is 0 Å². The Morgan fingerprint density at radius 3 is 2.87 bits per heavy atom. The monoisotopic (exact) mass is 206 g/mol. The van der Waals surface area contributed by atoms with Crippen molar-refractivity contribution in [2.75, 3.05) is 6.61 Å². The van der Waals surface area contributed by atoms with E-state index < -0.39 is 0 Å². The van der Waals surface area contributed by atoms with Gasteiger partial charge in [-0.15, -0.1) is 0 Å². The van der Waals surface area contributed by atoms with E-state index in [2.05, 4.69) is 4.98 Å². The van der Waals surface area contributed by atoms with Crippen LogP contribution in [0.15, 0.2) is 12.1 Å². The van der Waals surface area contributed by atoms with Crippen LogP contribution in [-0.4, -0.2) is 11.6 Å². The number of rotatable bonds is 5. The Bertz CT molecular complexity index is 334. The van der Waals surface area contributed by atoms with Gasteiger partial charge in [-0.1, -0.05) is 18.9 Å². The van der Waals surface area contributed by atoms with Crippen molar-refractivity contribution in [2.45, 2.75) is 32.7 Å². The minimum Gasteiger partial charge on any atom is -0.478 e. The summed E-state index contributed by atoms with van der Waals surface area (Å²) in [6.07, 6.45) is 3.92. The van der Waals surface area contributed by atoms with Gasteiger partial charge < -0.3 is 10.5 Å². The van der Waals surface area contributed by atoms with Crippen molar-refractivity contribution in [1.29, 1.82) is 0 Å². The van der Waals surface area contributed by atoms with E-state index in [9.17, 15) is 0 Å². The highest BCUT2D eigenvalue weighted by atomic mass is 16.5. The number of nitrogens with two attached hydrogens (primary N) is 1. The molecule has 0 aliphatic heterocycles. The summed E-state index contributed by atoms with van der Waals surface area (Å²) in [5, 5.41) is 0. The van der Waals surface area contributed by atoms with Gasteiger partial charge >= 0.3 is 0 Å². The molecule has 82 valence electrons. The maximum atomic E-state index is 5.59. The van der Waals surface area contributed by atoms with Gasteiger partial charge in [-0.2, -0.15) is 0 Å². The summed E-state index contributed by atoms with van der Waals surface area (Å²) in [5.74, 6) is 1.64. The zero-order valence-electron chi connectivity index (χ0n) is 9.20. The first-order valence-electron chi connectivity index (χ1n) is 5.59. The van der Waals surface area contributed by atoms with E-state index in [1.807, 2.05) is 19.1 Å². The first kappa shape index (κ1) is 10.4. The average Bonchev–Trinajstić information content (AvgIpc) is 3.02. The zero-order chi connectivity index (χ0) is 10.7. The number of pyridine rings is 1. The number of nitrogens with zero attached hydrogens (tertiary/aromatic N) is 1. The molecule has 0 spiro atoms. The van der Waals surface area contributed by atoms with Crippen LogP contribution in [0.25, 0.3) is 0 Å². The lowest BCUT2D eigenvalue weighted by Gasteiger charge is -2.07. The van der Waals surface area contributed by atoms with Crippen LogP contribution in [0.5, 0.6) is 5.88 Å². The summed E-state index contributed by atoms with van der Waals surface area (Å²) in [6.45, 7) is 3.30. The molecule has 0 amide bonds. The maximum absolute atomic E-state index is 5.59. The third-order valence-electron chi connectivity index (χ3n) is 2.86. The number of ether oxygens (including phenoxy) is 1. The van der Waals surface area contributed by atoms with E-state index in [4.69, 9.17) is 10.5 Å². The molecule has 3 heteroatoms. The van der Waals surface area contributed by atoms with Crippen molar-refractivity contribution in [1.82, 2.24) is 4.98 Å². The molecular weight excluding hydrogens is 188 g/mol. The Morgan fingerprint density at radius 2 is 2.27 bits per heavy atom. The van der Waals surface area contributed by atoms with E-state index in [0.29, 0.717) is 6.54 Å². The molecule has 3 nitrogen and oxygen atoms in total. The summed E-state index contributed by atoms with van der Waals surface area (Å²) in [6, 6.07) is 3.90. The van der Waals surface area contributed by atoms with Crippen molar-refractivity contribution in [3.63, 3.8) is 0 Å². The number of hydrogen-bond acceptors (Lipinski definition) is 3. The minimum atomic E-state index is 0.543. The summed E-state index contributed by atoms with van der Waals surface area (Å²) in [7, 11) is 0. The van der Waals surface area contributed by atoms with Crippen LogP contribution in [0.1, 0.15) is 30.5 Å². The largest absolute Gasteiger partial charge is 0.478 e. The Hall–Kier alpha value is -1.09. The fraction of sp³-hybridized carbons (Fsp3) is 0.583. The summed E-state index contributed by atoms with van der Waals surface area (Å²) in [5.41, 5.74) is 7.63. The predicted octanol–water partition coefficient (Wildman–Crippen LogP) is 2.03. The van der Waals surface area contributed by atoms with E-state index in [1.54, 1.807) is 0 Å². The smallest absolute Gasteiger partial charge is 0.213 e. The third kappa shape index (κ3) is 2.93. The van der Waals surface area contributed by atoms with Crippen molar-refractivity contribution < 1.29 is 4.74 Å². The van der Waals surface area contributed by atoms with Crippen LogP contribution < -0.4 is 10.5 Å². The molecule has 1 aliphatic rings. The zero-order valence-corrected chi connectivity index (χ0v) is 9.20. The topological polar surface area (TPSA) is 48.1 Å². The molecule has 1 saturated carbocycles. The maximum Gasteiger partial charge on any atom is 0.213 e. The molecule has 1 fully saturated rings. The van der Waals surface area contributed by atoms with E-state index in [0.717, 1.165) is 29.7 Å². The third-order valence-corrected chi connectivity index (χ3v) is 2.86. The molecule has 1 aromatic heterocycles. The van der Waals surface area contributed by atoms with Gasteiger partial charge in [-0.05, 0) is 24.8 Å². The lowest BCUT2D eigenvalue weighted by molar-refractivity contribution is 0.290. The molecule has 2 N–H and O–H groups in total. The van der Waals surface area contributed by atoms with Crippen molar-refractivity contribution in [3.05, 3.63) is 23.4 Å². The first-order chi connectivity index (χ1) is 7.29. The first-order valence-corrected chi connectivity index (χ1v) is 5.59. The number of aryl methyl sites for hydroxylation is 1. The quantitative estimate of drug-likeness (QED) is 0.801. The van der Waals surface area contributed by atoms with E-state index in [-0.39, 0.29) is 0 Å². The fourth-order valence-corrected chi connectivity index (χ4v) is 1.60. The second-order valence-corrected chi connectivity index (χ2v) is 4.18. The van der Waals surface area contributed by atoms with Crippen molar-refractivity contribution >= 4 is 0 Å². The highest BCUT2D eigenvalue weighted by molar-refractivity contribution is 5.24. The molecule has 0 unspecified atom stereocenters. The second-order valence-electron chi connectivity index (χ2n) is 4.18. The molecule has 2 rings (SSSR count). The number of aromatic nitrogens is 1. The summed E-state index contributed by atoms with van der Waals surface area (Å²) < 4.78 is 5.59. The molecule has 1 heterocycles. The molecule has 0 aromatic carbocycles. The molecule has 1 aromatic rings. The van der Waals surface area contributed by atoms with E-state index in [1.165, 1.54) is 19.3 Å². The fourth-order valence-electron chi connectivity index (χ4n) is 1.60. The van der Waals surface area contributed by atoms with Gasteiger partial charge in [0.15, 0.2) is 0 Å². The van der Waals surface area contributed by atoms with Crippen LogP contribution in [0.3, 0.4) is 0 Å². The lowest BCUT2D eigenvalue weighted by atomic mass is 10.2. The minimum absolute atomic E-state index is 0.543. The molecule has 0 radical (unpaired) electrons. The summed E-state index contributed by atoms with van der Waals surface area (Å²) >= 11 is 0. The van der Waals surface area contributed by atoms with Crippen LogP contribution in [-0.2, 0) is 6.54 Å². The molecule has 1 aliphatic carbocycles. The van der Waals surface area contributed by atoms with Gasteiger partial charge in [0.05, 0.1) is 6.61 Å². The van der Waals surface area contributed by atoms with Crippen LogP contribution >= 0.6 is 0 Å². The van der Waals surface area contributed by atoms with Crippen LogP contribution in [0, 0.1) is 12.8 Å². The number of hydrogen-bond donors (Lipinski definition) is 1. The second kappa shape index (κ2) is 4.62. The van der Waals surface area contributed by atoms with Gasteiger partial charge in [-0.3, -0.25) is 0 Å². The SMILES string of the molecule is Cc1nc(OCCC2CC2)ccc1CN. The van der Waals surface area contributed by atoms with Crippen molar-refractivity contribution in [3.8, 4) is 5.88 Å². The molecular formula is C12H18N2O. The van der Waals surface area contributed by atoms with Gasteiger partial charge in [0.1, 0.15) is 0 Å². The Labute approximate surface area is 90.7 Å². The summed E-state index contributed by atoms with van der Waals surface area (Å²) in [4.78, 5) is 4.36. The molecule has 0 bridgehead atoms. The molecule has 0 atom stereocenters. The highest BCUT2D eigenvalue weighted by Crippen LogP contribution is 2.32. The lowest BCUT2D eigenvalue weighted by Crippen LogP contribution is -2.04. The Balaban J connectivity index is 1.87. The van der Waals surface area contributed by atoms with Gasteiger partial charge in [0.25, 0.3) is 0 Å². The van der Waals surface area contributed by atoms with Crippen molar-refractivity contribution in [2.24, 2.45) is 11.7 Å². The highest BCUT2D eigenvalue weighted by Gasteiger charge is 2.20. The van der Waals surface area contributed by atoms with Gasteiger partial charge in [0, 0.05) is 18.3 Å². The Morgan fingerprint density at radius 1 is 1.47 bits per heavy atom. The van der Waals surface area contributed by atoms with Gasteiger partial charge in [0.2, 0.25) is 5.88 Å².